The van der Waals surface area contributed by atoms with Gasteiger partial charge >= 0.3 is 0 Å². The molecule has 0 saturated heterocycles. The average molecular weight is 257 g/mol. The van der Waals surface area contributed by atoms with Gasteiger partial charge in [0.1, 0.15) is 0 Å². The highest BCUT2D eigenvalue weighted by molar-refractivity contribution is 5.20. The lowest BCUT2D eigenvalue weighted by Gasteiger charge is -2.44. The lowest BCUT2D eigenvalue weighted by Crippen LogP contribution is -2.50. The van der Waals surface area contributed by atoms with E-state index < -0.39 is 0 Å². The first-order valence-corrected chi connectivity index (χ1v) is 7.74. The van der Waals surface area contributed by atoms with Crippen molar-refractivity contribution in [3.05, 3.63) is 35.9 Å². The second-order valence-electron chi connectivity index (χ2n) is 7.65. The number of benzene rings is 1. The van der Waals surface area contributed by atoms with Crippen LogP contribution in [0.25, 0.3) is 0 Å². The third-order valence-corrected chi connectivity index (χ3v) is 5.99. The van der Waals surface area contributed by atoms with Gasteiger partial charge in [-0.05, 0) is 48.5 Å². The molecule has 0 spiro atoms. The van der Waals surface area contributed by atoms with Gasteiger partial charge in [0, 0.05) is 12.1 Å². The molecule has 104 valence electrons. The summed E-state index contributed by atoms with van der Waals surface area (Å²) in [7, 11) is 0. The topological polar surface area (TPSA) is 12.0 Å². The van der Waals surface area contributed by atoms with Crippen molar-refractivity contribution >= 4 is 0 Å². The molecule has 1 N–H and O–H groups in total. The summed E-state index contributed by atoms with van der Waals surface area (Å²) in [5, 5.41) is 3.96. The molecule has 2 aliphatic carbocycles. The van der Waals surface area contributed by atoms with E-state index >= 15 is 0 Å². The Bertz CT molecular complexity index is 445. The molecule has 0 heterocycles. The fraction of sp³-hybridized carbons (Fsp3) is 0.667. The van der Waals surface area contributed by atoms with Gasteiger partial charge < -0.3 is 5.32 Å². The molecule has 3 rings (SSSR count). The van der Waals surface area contributed by atoms with Gasteiger partial charge in [-0.15, -0.1) is 0 Å². The van der Waals surface area contributed by atoms with Crippen molar-refractivity contribution in [2.24, 2.45) is 16.7 Å². The Kier molecular flexibility index (Phi) is 3.01. The Balaban J connectivity index is 1.80. The van der Waals surface area contributed by atoms with Crippen molar-refractivity contribution < 1.29 is 0 Å². The first kappa shape index (κ1) is 13.2. The Morgan fingerprint density at radius 2 is 1.84 bits per heavy atom. The SMILES string of the molecule is CC(NC1C2(C)CCC(C2)C1(C)C)c1ccccc1. The van der Waals surface area contributed by atoms with E-state index in [0.717, 1.165) is 5.92 Å². The maximum Gasteiger partial charge on any atom is 0.0294 e. The average Bonchev–Trinajstić information content (AvgIpc) is 2.87. The van der Waals surface area contributed by atoms with Crippen molar-refractivity contribution in [1.29, 1.82) is 0 Å². The van der Waals surface area contributed by atoms with E-state index in [1.807, 2.05) is 0 Å². The third kappa shape index (κ3) is 2.03. The monoisotopic (exact) mass is 257 g/mol. The van der Waals surface area contributed by atoms with Crippen LogP contribution in [0.2, 0.25) is 0 Å². The summed E-state index contributed by atoms with van der Waals surface area (Å²) < 4.78 is 0. The summed E-state index contributed by atoms with van der Waals surface area (Å²) in [5.41, 5.74) is 2.36. The minimum Gasteiger partial charge on any atom is -0.306 e. The molecule has 4 unspecified atom stereocenters. The Labute approximate surface area is 117 Å². The fourth-order valence-corrected chi connectivity index (χ4v) is 4.81. The maximum absolute atomic E-state index is 3.96. The van der Waals surface area contributed by atoms with Gasteiger partial charge in [-0.25, -0.2) is 0 Å². The fourth-order valence-electron chi connectivity index (χ4n) is 4.81. The summed E-state index contributed by atoms with van der Waals surface area (Å²) in [5.74, 6) is 0.915. The van der Waals surface area contributed by atoms with Gasteiger partial charge in [0.05, 0.1) is 0 Å². The van der Waals surface area contributed by atoms with Crippen LogP contribution in [-0.2, 0) is 0 Å². The highest BCUT2D eigenvalue weighted by Gasteiger charge is 2.59. The Hall–Kier alpha value is -0.820. The van der Waals surface area contributed by atoms with Gasteiger partial charge in [0.25, 0.3) is 0 Å². The van der Waals surface area contributed by atoms with Gasteiger partial charge in [0.15, 0.2) is 0 Å². The van der Waals surface area contributed by atoms with Crippen LogP contribution in [0.15, 0.2) is 30.3 Å². The van der Waals surface area contributed by atoms with Crippen LogP contribution in [-0.4, -0.2) is 6.04 Å². The van der Waals surface area contributed by atoms with Crippen molar-refractivity contribution in [3.63, 3.8) is 0 Å². The molecule has 0 aliphatic heterocycles. The van der Waals surface area contributed by atoms with Crippen molar-refractivity contribution in [3.8, 4) is 0 Å². The second-order valence-corrected chi connectivity index (χ2v) is 7.65. The molecule has 1 nitrogen and oxygen atoms in total. The predicted molar refractivity (Wildman–Crippen MR) is 81.0 cm³/mol. The molecule has 2 fully saturated rings. The molecule has 2 saturated carbocycles. The van der Waals surface area contributed by atoms with Crippen LogP contribution in [0.4, 0.5) is 0 Å². The summed E-state index contributed by atoms with van der Waals surface area (Å²) in [6, 6.07) is 11.9. The smallest absolute Gasteiger partial charge is 0.0294 e. The number of nitrogens with one attached hydrogen (secondary N) is 1. The van der Waals surface area contributed by atoms with E-state index in [-0.39, 0.29) is 0 Å². The predicted octanol–water partition coefficient (Wildman–Crippen LogP) is 4.55. The number of hydrogen-bond acceptors (Lipinski definition) is 1. The minimum absolute atomic E-state index is 0.441. The van der Waals surface area contributed by atoms with Gasteiger partial charge in [-0.2, -0.15) is 0 Å². The quantitative estimate of drug-likeness (QED) is 0.837. The number of fused-ring (bicyclic) bond motifs is 2. The summed E-state index contributed by atoms with van der Waals surface area (Å²) in [4.78, 5) is 0. The van der Waals surface area contributed by atoms with E-state index in [1.54, 1.807) is 0 Å². The first-order valence-electron chi connectivity index (χ1n) is 7.74. The largest absolute Gasteiger partial charge is 0.306 e. The normalized spacial score (nSPS) is 37.5. The lowest BCUT2D eigenvalue weighted by molar-refractivity contribution is 0.100. The first-order chi connectivity index (χ1) is 8.93. The third-order valence-electron chi connectivity index (χ3n) is 5.99. The highest BCUT2D eigenvalue weighted by atomic mass is 15.0. The maximum atomic E-state index is 3.96. The minimum atomic E-state index is 0.441. The van der Waals surface area contributed by atoms with E-state index in [1.165, 1.54) is 24.8 Å². The second kappa shape index (κ2) is 4.34. The molecule has 1 heteroatoms. The van der Waals surface area contributed by atoms with E-state index in [4.69, 9.17) is 0 Å². The van der Waals surface area contributed by atoms with E-state index in [0.29, 0.717) is 22.9 Å². The zero-order valence-electron chi connectivity index (χ0n) is 12.7. The van der Waals surface area contributed by atoms with Crippen molar-refractivity contribution in [1.82, 2.24) is 5.32 Å². The van der Waals surface area contributed by atoms with Gasteiger partial charge in [-0.3, -0.25) is 0 Å². The van der Waals surface area contributed by atoms with Crippen LogP contribution in [0.1, 0.15) is 58.6 Å². The molecule has 0 radical (unpaired) electrons. The molecular weight excluding hydrogens is 230 g/mol. The molecule has 0 amide bonds. The number of hydrogen-bond donors (Lipinski definition) is 1. The van der Waals surface area contributed by atoms with Crippen LogP contribution in [0.3, 0.4) is 0 Å². The molecule has 4 atom stereocenters. The molecule has 2 aliphatic rings. The standard InChI is InChI=1S/C18H27N/c1-13(14-8-6-5-7-9-14)19-16-17(2,3)15-10-11-18(16,4)12-15/h5-9,13,15-16,19H,10-12H2,1-4H3. The summed E-state index contributed by atoms with van der Waals surface area (Å²) in [6.45, 7) is 9.74. The summed E-state index contributed by atoms with van der Waals surface area (Å²) in [6.07, 6.45) is 4.25. The summed E-state index contributed by atoms with van der Waals surface area (Å²) >= 11 is 0. The molecule has 1 aromatic carbocycles. The molecule has 0 aromatic heterocycles. The van der Waals surface area contributed by atoms with Crippen molar-refractivity contribution in [2.75, 3.05) is 0 Å². The van der Waals surface area contributed by atoms with E-state index in [2.05, 4.69) is 63.3 Å². The molecule has 19 heavy (non-hydrogen) atoms. The molecule has 2 bridgehead atoms. The molecular formula is C18H27N. The van der Waals surface area contributed by atoms with E-state index in [9.17, 15) is 0 Å². The van der Waals surface area contributed by atoms with Crippen LogP contribution in [0.5, 0.6) is 0 Å². The van der Waals surface area contributed by atoms with Crippen molar-refractivity contribution in [2.45, 2.75) is 59.0 Å². The number of rotatable bonds is 3. The zero-order chi connectivity index (χ0) is 13.7. The Morgan fingerprint density at radius 3 is 2.42 bits per heavy atom. The lowest BCUT2D eigenvalue weighted by atomic mass is 9.68. The van der Waals surface area contributed by atoms with Crippen LogP contribution in [0, 0.1) is 16.7 Å². The Morgan fingerprint density at radius 1 is 1.16 bits per heavy atom. The van der Waals surface area contributed by atoms with Crippen LogP contribution >= 0.6 is 0 Å². The zero-order valence-corrected chi connectivity index (χ0v) is 12.7. The van der Waals surface area contributed by atoms with Gasteiger partial charge in [0.2, 0.25) is 0 Å². The highest BCUT2D eigenvalue weighted by Crippen LogP contribution is 2.62. The van der Waals surface area contributed by atoms with Gasteiger partial charge in [-0.1, -0.05) is 51.1 Å². The molecule has 1 aromatic rings. The van der Waals surface area contributed by atoms with Crippen LogP contribution < -0.4 is 5.32 Å².